The van der Waals surface area contributed by atoms with Crippen molar-refractivity contribution in [2.24, 2.45) is 13.0 Å². The summed E-state index contributed by atoms with van der Waals surface area (Å²) in [5.74, 6) is 1.86. The number of hydrogen-bond acceptors (Lipinski definition) is 3. The zero-order valence-corrected chi connectivity index (χ0v) is 11.9. The zero-order valence-electron chi connectivity index (χ0n) is 11.9. The molecular formula is C15H23N3O. The number of carbonyl (C=O) groups excluding carboxylic acids is 1. The van der Waals surface area contributed by atoms with E-state index in [0.717, 1.165) is 35.8 Å². The molecule has 1 aromatic rings. The Bertz CT molecular complexity index is 474. The molecule has 1 saturated carbocycles. The van der Waals surface area contributed by atoms with Gasteiger partial charge in [0.2, 0.25) is 0 Å². The lowest BCUT2D eigenvalue weighted by Gasteiger charge is -2.31. The number of aromatic nitrogens is 2. The van der Waals surface area contributed by atoms with Crippen LogP contribution in [0.25, 0.3) is 0 Å². The summed E-state index contributed by atoms with van der Waals surface area (Å²) in [7, 11) is 1.96. The molecule has 0 spiro atoms. The zero-order chi connectivity index (χ0) is 13.4. The second-order valence-corrected chi connectivity index (χ2v) is 6.01. The molecular weight excluding hydrogens is 238 g/mol. The third-order valence-electron chi connectivity index (χ3n) is 4.87. The van der Waals surface area contributed by atoms with Gasteiger partial charge in [-0.05, 0) is 38.5 Å². The summed E-state index contributed by atoms with van der Waals surface area (Å²) in [6, 6.07) is 0.621. The van der Waals surface area contributed by atoms with Crippen LogP contribution < -0.4 is 4.90 Å². The summed E-state index contributed by atoms with van der Waals surface area (Å²) >= 11 is 0. The average molecular weight is 261 g/mol. The van der Waals surface area contributed by atoms with Crippen molar-refractivity contribution in [1.29, 1.82) is 0 Å². The quantitative estimate of drug-likeness (QED) is 0.785. The van der Waals surface area contributed by atoms with Gasteiger partial charge in [-0.25, -0.2) is 0 Å². The van der Waals surface area contributed by atoms with Gasteiger partial charge >= 0.3 is 0 Å². The molecule has 19 heavy (non-hydrogen) atoms. The standard InChI is InChI=1S/C15H23N3O/c1-11-13(10-19)15(17(2)16-11)18-9-5-8-14(18)12-6-3-4-7-12/h10,12,14H,3-9H2,1-2H3. The van der Waals surface area contributed by atoms with E-state index in [2.05, 4.69) is 10.00 Å². The van der Waals surface area contributed by atoms with Gasteiger partial charge < -0.3 is 4.90 Å². The van der Waals surface area contributed by atoms with Crippen LogP contribution in [0.5, 0.6) is 0 Å². The minimum Gasteiger partial charge on any atom is -0.353 e. The topological polar surface area (TPSA) is 38.1 Å². The predicted octanol–water partition coefficient (Wildman–Crippen LogP) is 2.70. The van der Waals surface area contributed by atoms with Crippen molar-refractivity contribution < 1.29 is 4.79 Å². The Kier molecular flexibility index (Phi) is 3.33. The van der Waals surface area contributed by atoms with Crippen LogP contribution in [0.3, 0.4) is 0 Å². The lowest BCUT2D eigenvalue weighted by Crippen LogP contribution is -2.36. The number of carbonyl (C=O) groups is 1. The highest BCUT2D eigenvalue weighted by molar-refractivity contribution is 5.85. The van der Waals surface area contributed by atoms with Gasteiger partial charge in [0.05, 0.1) is 11.3 Å². The van der Waals surface area contributed by atoms with Crippen LogP contribution in [-0.4, -0.2) is 28.7 Å². The Morgan fingerprint density at radius 3 is 2.63 bits per heavy atom. The molecule has 4 nitrogen and oxygen atoms in total. The maximum absolute atomic E-state index is 11.4. The molecule has 2 aliphatic rings. The summed E-state index contributed by atoms with van der Waals surface area (Å²) in [5.41, 5.74) is 1.64. The maximum Gasteiger partial charge on any atom is 0.155 e. The maximum atomic E-state index is 11.4. The fraction of sp³-hybridized carbons (Fsp3) is 0.733. The lowest BCUT2D eigenvalue weighted by atomic mass is 9.96. The lowest BCUT2D eigenvalue weighted by molar-refractivity contribution is 0.112. The minimum absolute atomic E-state index is 0.621. The number of nitrogens with zero attached hydrogens (tertiary/aromatic N) is 3. The van der Waals surface area contributed by atoms with Crippen LogP contribution in [0.15, 0.2) is 0 Å². The highest BCUT2D eigenvalue weighted by Crippen LogP contribution is 2.38. The van der Waals surface area contributed by atoms with Gasteiger partial charge in [0.1, 0.15) is 5.82 Å². The molecule has 0 bridgehead atoms. The number of aldehydes is 1. The fourth-order valence-electron chi connectivity index (χ4n) is 4.03. The molecule has 2 fully saturated rings. The molecule has 0 radical (unpaired) electrons. The number of rotatable bonds is 3. The Morgan fingerprint density at radius 2 is 1.95 bits per heavy atom. The Hall–Kier alpha value is -1.32. The summed E-state index contributed by atoms with van der Waals surface area (Å²) < 4.78 is 1.90. The van der Waals surface area contributed by atoms with Gasteiger partial charge in [0, 0.05) is 19.6 Å². The summed E-state index contributed by atoms with van der Waals surface area (Å²) in [5, 5.41) is 4.43. The van der Waals surface area contributed by atoms with Crippen molar-refractivity contribution in [3.05, 3.63) is 11.3 Å². The Labute approximate surface area is 114 Å². The van der Waals surface area contributed by atoms with Crippen molar-refractivity contribution in [3.8, 4) is 0 Å². The van der Waals surface area contributed by atoms with Gasteiger partial charge in [-0.3, -0.25) is 9.48 Å². The summed E-state index contributed by atoms with van der Waals surface area (Å²) in [6.45, 7) is 2.99. The van der Waals surface area contributed by atoms with Gasteiger partial charge in [-0.1, -0.05) is 12.8 Å². The molecule has 0 amide bonds. The molecule has 4 heteroatoms. The minimum atomic E-state index is 0.621. The van der Waals surface area contributed by atoms with Crippen LogP contribution in [0, 0.1) is 12.8 Å². The molecule has 1 atom stereocenters. The van der Waals surface area contributed by atoms with Crippen molar-refractivity contribution in [1.82, 2.24) is 9.78 Å². The molecule has 104 valence electrons. The van der Waals surface area contributed by atoms with E-state index in [1.807, 2.05) is 18.7 Å². The second kappa shape index (κ2) is 4.99. The van der Waals surface area contributed by atoms with E-state index in [9.17, 15) is 4.79 Å². The van der Waals surface area contributed by atoms with Crippen LogP contribution in [0.1, 0.15) is 54.6 Å². The highest BCUT2D eigenvalue weighted by Gasteiger charge is 2.36. The van der Waals surface area contributed by atoms with E-state index in [0.29, 0.717) is 6.04 Å². The normalized spacial score (nSPS) is 24.3. The molecule has 0 aromatic carbocycles. The Balaban J connectivity index is 1.94. The fourth-order valence-corrected chi connectivity index (χ4v) is 4.03. The van der Waals surface area contributed by atoms with E-state index < -0.39 is 0 Å². The van der Waals surface area contributed by atoms with Crippen molar-refractivity contribution in [2.45, 2.75) is 51.5 Å². The summed E-state index contributed by atoms with van der Waals surface area (Å²) in [4.78, 5) is 13.8. The first-order valence-corrected chi connectivity index (χ1v) is 7.47. The predicted molar refractivity (Wildman–Crippen MR) is 75.7 cm³/mol. The molecule has 2 heterocycles. The summed E-state index contributed by atoms with van der Waals surface area (Å²) in [6.07, 6.45) is 8.95. The van der Waals surface area contributed by atoms with Crippen LogP contribution in [0.2, 0.25) is 0 Å². The number of anilines is 1. The second-order valence-electron chi connectivity index (χ2n) is 6.01. The van der Waals surface area contributed by atoms with Crippen LogP contribution >= 0.6 is 0 Å². The van der Waals surface area contributed by atoms with E-state index >= 15 is 0 Å². The first-order valence-electron chi connectivity index (χ1n) is 7.47. The third kappa shape index (κ3) is 2.07. The van der Waals surface area contributed by atoms with Crippen molar-refractivity contribution >= 4 is 12.1 Å². The van der Waals surface area contributed by atoms with E-state index in [1.165, 1.54) is 38.5 Å². The molecule has 1 aromatic heterocycles. The number of hydrogen-bond donors (Lipinski definition) is 0. The molecule has 1 aliphatic heterocycles. The van der Waals surface area contributed by atoms with E-state index in [4.69, 9.17) is 0 Å². The first-order chi connectivity index (χ1) is 9.22. The SMILES string of the molecule is Cc1nn(C)c(N2CCCC2C2CCCC2)c1C=O. The van der Waals surface area contributed by atoms with Crippen molar-refractivity contribution in [3.63, 3.8) is 0 Å². The van der Waals surface area contributed by atoms with Gasteiger partial charge in [-0.15, -0.1) is 0 Å². The monoisotopic (exact) mass is 261 g/mol. The average Bonchev–Trinajstić information content (AvgIpc) is 3.07. The number of aryl methyl sites for hydroxylation is 2. The molecule has 1 saturated heterocycles. The third-order valence-corrected chi connectivity index (χ3v) is 4.87. The Morgan fingerprint density at radius 1 is 1.21 bits per heavy atom. The van der Waals surface area contributed by atoms with Gasteiger partial charge in [0.15, 0.2) is 6.29 Å². The van der Waals surface area contributed by atoms with Crippen molar-refractivity contribution in [2.75, 3.05) is 11.4 Å². The van der Waals surface area contributed by atoms with Gasteiger partial charge in [-0.2, -0.15) is 5.10 Å². The van der Waals surface area contributed by atoms with Gasteiger partial charge in [0.25, 0.3) is 0 Å². The largest absolute Gasteiger partial charge is 0.353 e. The van der Waals surface area contributed by atoms with Crippen LogP contribution in [-0.2, 0) is 7.05 Å². The molecule has 1 unspecified atom stereocenters. The smallest absolute Gasteiger partial charge is 0.155 e. The highest BCUT2D eigenvalue weighted by atomic mass is 16.1. The molecule has 0 N–H and O–H groups in total. The first kappa shape index (κ1) is 12.7. The molecule has 3 rings (SSSR count). The molecule has 1 aliphatic carbocycles. The van der Waals surface area contributed by atoms with E-state index in [1.54, 1.807) is 0 Å². The van der Waals surface area contributed by atoms with E-state index in [-0.39, 0.29) is 0 Å². The van der Waals surface area contributed by atoms with Crippen LogP contribution in [0.4, 0.5) is 5.82 Å².